The van der Waals surface area contributed by atoms with Gasteiger partial charge in [-0.25, -0.2) is 21.6 Å². The minimum Gasteiger partial charge on any atom is -0.510 e. The quantitative estimate of drug-likeness (QED) is 0.611. The van der Waals surface area contributed by atoms with Gasteiger partial charge < -0.3 is 19.7 Å². The van der Waals surface area contributed by atoms with E-state index in [4.69, 9.17) is 4.74 Å². The number of aryl methyl sites for hydroxylation is 1. The van der Waals surface area contributed by atoms with Crippen molar-refractivity contribution in [2.75, 3.05) is 11.9 Å². The Kier molecular flexibility index (Phi) is 5.12. The molecule has 0 spiro atoms. The summed E-state index contributed by atoms with van der Waals surface area (Å²) in [5.41, 5.74) is -1.17. The number of sulfonamides is 1. The lowest BCUT2D eigenvalue weighted by molar-refractivity contribution is 0.101. The number of allylic oxidation sites excluding steroid dienone is 1. The summed E-state index contributed by atoms with van der Waals surface area (Å²) in [6, 6.07) is 2.70. The molecule has 4 rings (SSSR count). The summed E-state index contributed by atoms with van der Waals surface area (Å²) in [5, 5.41) is 12.6. The molecule has 1 aliphatic carbocycles. The molecular formula is C19H18F3N3O5S. The third-order valence-corrected chi connectivity index (χ3v) is 6.37. The highest BCUT2D eigenvalue weighted by molar-refractivity contribution is 7.89. The van der Waals surface area contributed by atoms with E-state index in [1.165, 1.54) is 17.8 Å². The number of halogens is 3. The molecule has 0 atom stereocenters. The molecule has 0 unspecified atom stereocenters. The Morgan fingerprint density at radius 3 is 2.71 bits per heavy atom. The topological polar surface area (TPSA) is 110 Å². The van der Waals surface area contributed by atoms with E-state index in [9.17, 15) is 31.5 Å². The number of carbonyl (C=O) groups excluding carboxylic acids is 1. The van der Waals surface area contributed by atoms with Gasteiger partial charge in [-0.1, -0.05) is 0 Å². The number of nitrogens with zero attached hydrogens (tertiary/aromatic N) is 1. The molecule has 12 heteroatoms. The molecule has 1 aromatic heterocycles. The number of hydrogen-bond donors (Lipinski definition) is 3. The first-order chi connectivity index (χ1) is 14.6. The van der Waals surface area contributed by atoms with E-state index >= 15 is 0 Å². The zero-order valence-corrected chi connectivity index (χ0v) is 17.0. The van der Waals surface area contributed by atoms with Gasteiger partial charge in [0.25, 0.3) is 22.4 Å². The molecule has 31 heavy (non-hydrogen) atoms. The zero-order chi connectivity index (χ0) is 22.5. The van der Waals surface area contributed by atoms with Gasteiger partial charge in [-0.05, 0) is 31.0 Å². The first kappa shape index (κ1) is 21.1. The average Bonchev–Trinajstić information content (AvgIpc) is 3.49. The summed E-state index contributed by atoms with van der Waals surface area (Å²) in [4.78, 5) is 12.5. The van der Waals surface area contributed by atoms with Crippen molar-refractivity contribution in [3.05, 3.63) is 52.9 Å². The number of nitrogens with one attached hydrogen (secondary N) is 2. The van der Waals surface area contributed by atoms with E-state index in [2.05, 4.69) is 10.0 Å². The van der Waals surface area contributed by atoms with Crippen LogP contribution in [-0.4, -0.2) is 30.6 Å². The lowest BCUT2D eigenvalue weighted by Crippen LogP contribution is -2.25. The Morgan fingerprint density at radius 1 is 1.35 bits per heavy atom. The number of aromatic nitrogens is 1. The molecule has 1 amide bonds. The van der Waals surface area contributed by atoms with Crippen molar-refractivity contribution in [1.29, 1.82) is 0 Å². The molecule has 0 radical (unpaired) electrons. The number of aliphatic hydroxyl groups excluding tert-OH is 1. The number of aliphatic hydroxyl groups is 1. The van der Waals surface area contributed by atoms with Crippen molar-refractivity contribution in [1.82, 2.24) is 9.29 Å². The summed E-state index contributed by atoms with van der Waals surface area (Å²) >= 11 is 0. The Balaban J connectivity index is 1.68. The number of amides is 1. The maximum atomic E-state index is 13.5. The van der Waals surface area contributed by atoms with Crippen molar-refractivity contribution < 1.29 is 36.2 Å². The zero-order valence-electron chi connectivity index (χ0n) is 16.2. The van der Waals surface area contributed by atoms with Crippen molar-refractivity contribution in [2.45, 2.75) is 24.2 Å². The van der Waals surface area contributed by atoms with Gasteiger partial charge in [0.1, 0.15) is 28.8 Å². The van der Waals surface area contributed by atoms with Gasteiger partial charge in [0, 0.05) is 24.8 Å². The number of fused-ring (bicyclic) bond motifs is 1. The Morgan fingerprint density at radius 2 is 2.06 bits per heavy atom. The van der Waals surface area contributed by atoms with Gasteiger partial charge in [-0.2, -0.15) is 0 Å². The average molecular weight is 457 g/mol. The van der Waals surface area contributed by atoms with Crippen LogP contribution in [0, 0.1) is 11.7 Å². The van der Waals surface area contributed by atoms with Crippen LogP contribution >= 0.6 is 0 Å². The van der Waals surface area contributed by atoms with Crippen LogP contribution in [0.4, 0.5) is 18.9 Å². The molecule has 2 aromatic rings. The summed E-state index contributed by atoms with van der Waals surface area (Å²) in [7, 11) is -2.74. The number of carbonyl (C=O) groups is 1. The standard InChI is InChI=1S/C19H18F3N3O5S/c1-25-7-14-17(30-8-13(24-31(14,28)29)16(26)9-2-3-9)15(25)19(27)23-10-4-5-12(20)11(6-10)18(21)22/h4-7,9,18,24,26H,2-3,8H2,1H3,(H,23,27)/b16-13+. The number of anilines is 1. The molecule has 2 heterocycles. The molecule has 1 saturated carbocycles. The van der Waals surface area contributed by atoms with Crippen LogP contribution in [0.1, 0.15) is 35.3 Å². The molecule has 2 aliphatic rings. The third-order valence-electron chi connectivity index (χ3n) is 4.99. The number of ether oxygens (including phenoxy) is 1. The van der Waals surface area contributed by atoms with Gasteiger partial charge in [-0.3, -0.25) is 9.52 Å². The number of hydrogen-bond acceptors (Lipinski definition) is 5. The van der Waals surface area contributed by atoms with Gasteiger partial charge in [0.2, 0.25) is 0 Å². The minimum absolute atomic E-state index is 0.00665. The maximum absolute atomic E-state index is 13.5. The third kappa shape index (κ3) is 3.94. The highest BCUT2D eigenvalue weighted by Crippen LogP contribution is 2.38. The fourth-order valence-corrected chi connectivity index (χ4v) is 4.56. The molecule has 1 aromatic carbocycles. The Hall–Kier alpha value is -3.15. The fraction of sp³-hybridized carbons (Fsp3) is 0.316. The van der Waals surface area contributed by atoms with E-state index in [0.717, 1.165) is 31.0 Å². The Labute approximate surface area is 175 Å². The largest absolute Gasteiger partial charge is 0.510 e. The van der Waals surface area contributed by atoms with E-state index in [0.29, 0.717) is 0 Å². The SMILES string of the molecule is Cn1cc2c(c1C(=O)Nc1ccc(F)c(C(F)F)c1)OC/C(=C(\O)C1CC1)NS2(=O)=O. The first-order valence-corrected chi connectivity index (χ1v) is 10.7. The summed E-state index contributed by atoms with van der Waals surface area (Å²) in [6.07, 6.45) is -0.445. The predicted molar refractivity (Wildman–Crippen MR) is 103 cm³/mol. The number of alkyl halides is 2. The first-order valence-electron chi connectivity index (χ1n) is 9.24. The maximum Gasteiger partial charge on any atom is 0.276 e. The lowest BCUT2D eigenvalue weighted by atomic mass is 10.2. The molecule has 1 fully saturated rings. The molecule has 0 bridgehead atoms. The van der Waals surface area contributed by atoms with Crippen LogP contribution in [0.15, 0.2) is 40.7 Å². The van der Waals surface area contributed by atoms with Crippen molar-refractivity contribution >= 4 is 21.6 Å². The van der Waals surface area contributed by atoms with E-state index < -0.39 is 33.7 Å². The van der Waals surface area contributed by atoms with Crippen LogP contribution in [0.25, 0.3) is 0 Å². The summed E-state index contributed by atoms with van der Waals surface area (Å²) < 4.78 is 73.9. The van der Waals surface area contributed by atoms with Crippen molar-refractivity contribution in [3.63, 3.8) is 0 Å². The van der Waals surface area contributed by atoms with Crippen molar-refractivity contribution in [2.24, 2.45) is 13.0 Å². The van der Waals surface area contributed by atoms with Gasteiger partial charge >= 0.3 is 0 Å². The minimum atomic E-state index is -4.15. The van der Waals surface area contributed by atoms with Gasteiger partial charge in [-0.15, -0.1) is 0 Å². The molecule has 1 aliphatic heterocycles. The summed E-state index contributed by atoms with van der Waals surface area (Å²) in [6.45, 7) is -0.315. The van der Waals surface area contributed by atoms with E-state index in [1.807, 2.05) is 0 Å². The molecule has 0 saturated heterocycles. The molecule has 166 valence electrons. The molecule has 3 N–H and O–H groups in total. The number of rotatable bonds is 4. The fourth-order valence-electron chi connectivity index (χ4n) is 3.27. The van der Waals surface area contributed by atoms with Crippen LogP contribution in [-0.2, 0) is 17.1 Å². The molecule has 8 nitrogen and oxygen atoms in total. The van der Waals surface area contributed by atoms with E-state index in [1.54, 1.807) is 0 Å². The van der Waals surface area contributed by atoms with Crippen LogP contribution in [0.2, 0.25) is 0 Å². The Bertz CT molecular complexity index is 1200. The van der Waals surface area contributed by atoms with Gasteiger partial charge in [0.15, 0.2) is 11.4 Å². The smallest absolute Gasteiger partial charge is 0.276 e. The molecular weight excluding hydrogens is 439 g/mol. The monoisotopic (exact) mass is 457 g/mol. The number of benzene rings is 1. The van der Waals surface area contributed by atoms with Gasteiger partial charge in [0.05, 0.1) is 5.56 Å². The van der Waals surface area contributed by atoms with E-state index in [-0.39, 0.29) is 46.0 Å². The van der Waals surface area contributed by atoms with Crippen molar-refractivity contribution in [3.8, 4) is 5.75 Å². The summed E-state index contributed by atoms with van der Waals surface area (Å²) in [5.74, 6) is -2.44. The lowest BCUT2D eigenvalue weighted by Gasteiger charge is -2.12. The normalized spacial score (nSPS) is 19.1. The second-order valence-electron chi connectivity index (χ2n) is 7.31. The predicted octanol–water partition coefficient (Wildman–Crippen LogP) is 3.20. The van der Waals surface area contributed by atoms with Crippen LogP contribution in [0.5, 0.6) is 5.75 Å². The second kappa shape index (κ2) is 7.52. The highest BCUT2D eigenvalue weighted by atomic mass is 32.2. The highest BCUT2D eigenvalue weighted by Gasteiger charge is 2.36. The van der Waals surface area contributed by atoms with Crippen LogP contribution < -0.4 is 14.8 Å². The second-order valence-corrected chi connectivity index (χ2v) is 8.96. The van der Waals surface area contributed by atoms with Crippen LogP contribution in [0.3, 0.4) is 0 Å².